The number of carbonyl (C=O) groups is 1. The van der Waals surface area contributed by atoms with Crippen LogP contribution in [0.1, 0.15) is 44.2 Å². The number of aryl methyl sites for hydroxylation is 1. The van der Waals surface area contributed by atoms with Gasteiger partial charge in [0.1, 0.15) is 17.0 Å². The van der Waals surface area contributed by atoms with Gasteiger partial charge in [0.25, 0.3) is 0 Å². The summed E-state index contributed by atoms with van der Waals surface area (Å²) in [5.74, 6) is 0.147. The van der Waals surface area contributed by atoms with Gasteiger partial charge in [0.2, 0.25) is 0 Å². The van der Waals surface area contributed by atoms with Gasteiger partial charge in [-0.25, -0.2) is 14.8 Å². The van der Waals surface area contributed by atoms with Crippen LogP contribution >= 0.6 is 11.3 Å². The summed E-state index contributed by atoms with van der Waals surface area (Å²) in [4.78, 5) is 23.9. The van der Waals surface area contributed by atoms with Crippen molar-refractivity contribution in [3.63, 3.8) is 0 Å². The van der Waals surface area contributed by atoms with Crippen LogP contribution in [0.2, 0.25) is 0 Å². The largest absolute Gasteiger partial charge is 0.477 e. The summed E-state index contributed by atoms with van der Waals surface area (Å²) in [6, 6.07) is 1.83. The molecule has 1 spiro atoms. The zero-order valence-electron chi connectivity index (χ0n) is 14.4. The zero-order valence-corrected chi connectivity index (χ0v) is 15.2. The summed E-state index contributed by atoms with van der Waals surface area (Å²) in [6.07, 6.45) is 4.12. The predicted octanol–water partition coefficient (Wildman–Crippen LogP) is 2.92. The lowest BCUT2D eigenvalue weighted by molar-refractivity contribution is -0.0757. The fourth-order valence-electron chi connectivity index (χ4n) is 3.86. The highest BCUT2D eigenvalue weighted by atomic mass is 32.1. The summed E-state index contributed by atoms with van der Waals surface area (Å²) < 4.78 is 6.22. The highest BCUT2D eigenvalue weighted by molar-refractivity contribution is 7.14. The summed E-state index contributed by atoms with van der Waals surface area (Å²) in [5, 5.41) is 9.32. The van der Waals surface area contributed by atoms with Gasteiger partial charge in [0.15, 0.2) is 0 Å². The first kappa shape index (κ1) is 16.5. The molecule has 0 amide bonds. The van der Waals surface area contributed by atoms with Gasteiger partial charge < -0.3 is 14.7 Å². The van der Waals surface area contributed by atoms with Crippen LogP contribution in [0.4, 0.5) is 5.82 Å². The molecule has 4 rings (SSSR count). The lowest BCUT2D eigenvalue weighted by Crippen LogP contribution is -2.46. The van der Waals surface area contributed by atoms with E-state index in [0.717, 1.165) is 55.0 Å². The fraction of sp³-hybridized carbons (Fsp3) is 0.500. The number of nitrogens with zero attached hydrogens (tertiary/aromatic N) is 3. The average molecular weight is 359 g/mol. The maximum atomic E-state index is 11.3. The lowest BCUT2D eigenvalue weighted by atomic mass is 9.82. The number of piperidine rings is 1. The third-order valence-electron chi connectivity index (χ3n) is 5.40. The number of rotatable bonds is 2. The number of anilines is 1. The van der Waals surface area contributed by atoms with Gasteiger partial charge >= 0.3 is 5.97 Å². The Morgan fingerprint density at radius 1 is 1.32 bits per heavy atom. The van der Waals surface area contributed by atoms with Crippen LogP contribution < -0.4 is 4.90 Å². The van der Waals surface area contributed by atoms with Crippen LogP contribution in [0.3, 0.4) is 0 Å². The number of ether oxygens (including phenoxy) is 1. The first-order chi connectivity index (χ1) is 12.0. The molecule has 6 nitrogen and oxygen atoms in total. The molecule has 1 saturated heterocycles. The summed E-state index contributed by atoms with van der Waals surface area (Å²) in [6.45, 7) is 6.41. The molecule has 1 N–H and O–H groups in total. The number of thiophene rings is 1. The molecule has 0 aliphatic carbocycles. The first-order valence-corrected chi connectivity index (χ1v) is 9.35. The minimum atomic E-state index is -0.848. The van der Waals surface area contributed by atoms with Gasteiger partial charge in [-0.3, -0.25) is 0 Å². The van der Waals surface area contributed by atoms with E-state index in [1.807, 2.05) is 13.0 Å². The van der Waals surface area contributed by atoms with Crippen LogP contribution in [0.5, 0.6) is 0 Å². The van der Waals surface area contributed by atoms with Crippen LogP contribution in [-0.2, 0) is 16.8 Å². The zero-order chi connectivity index (χ0) is 17.6. The molecular formula is C18H21N3O3S. The topological polar surface area (TPSA) is 75.5 Å². The Morgan fingerprint density at radius 2 is 2.08 bits per heavy atom. The second kappa shape index (κ2) is 6.07. The minimum Gasteiger partial charge on any atom is -0.477 e. The molecule has 2 aliphatic rings. The molecule has 2 aromatic heterocycles. The van der Waals surface area contributed by atoms with Crippen molar-refractivity contribution in [3.05, 3.63) is 39.0 Å². The van der Waals surface area contributed by atoms with Crippen LogP contribution in [-0.4, -0.2) is 40.7 Å². The standard InChI is InChI=1S/C18H21N3O3S/c1-11-12(2)19-10-20-16(11)21-6-4-18(5-7-21)13-9-15(17(22)23)25-14(13)3-8-24-18/h9-10H,3-8H2,1-2H3,(H,22,23). The summed E-state index contributed by atoms with van der Waals surface area (Å²) >= 11 is 1.40. The van der Waals surface area contributed by atoms with Crippen molar-refractivity contribution in [1.82, 2.24) is 9.97 Å². The van der Waals surface area contributed by atoms with E-state index in [1.165, 1.54) is 16.2 Å². The van der Waals surface area contributed by atoms with Gasteiger partial charge in [-0.05, 0) is 38.3 Å². The second-order valence-electron chi connectivity index (χ2n) is 6.74. The van der Waals surface area contributed by atoms with Crippen molar-refractivity contribution < 1.29 is 14.6 Å². The Bertz CT molecular complexity index is 825. The highest BCUT2D eigenvalue weighted by Gasteiger charge is 2.42. The lowest BCUT2D eigenvalue weighted by Gasteiger charge is -2.44. The van der Waals surface area contributed by atoms with Crippen molar-refractivity contribution in [3.8, 4) is 0 Å². The minimum absolute atomic E-state index is 0.343. The number of fused-ring (bicyclic) bond motifs is 2. The van der Waals surface area contributed by atoms with E-state index in [4.69, 9.17) is 4.74 Å². The van der Waals surface area contributed by atoms with E-state index in [-0.39, 0.29) is 5.60 Å². The smallest absolute Gasteiger partial charge is 0.345 e. The van der Waals surface area contributed by atoms with E-state index in [1.54, 1.807) is 6.33 Å². The Kier molecular flexibility index (Phi) is 4.00. The third kappa shape index (κ3) is 2.71. The van der Waals surface area contributed by atoms with E-state index >= 15 is 0 Å². The van der Waals surface area contributed by atoms with E-state index in [0.29, 0.717) is 11.5 Å². The molecule has 4 heterocycles. The summed E-state index contributed by atoms with van der Waals surface area (Å²) in [7, 11) is 0. The Hall–Kier alpha value is -1.99. The van der Waals surface area contributed by atoms with Crippen molar-refractivity contribution in [2.24, 2.45) is 0 Å². The molecule has 25 heavy (non-hydrogen) atoms. The normalized spacial score (nSPS) is 19.0. The molecule has 132 valence electrons. The van der Waals surface area contributed by atoms with Crippen LogP contribution in [0.25, 0.3) is 0 Å². The quantitative estimate of drug-likeness (QED) is 0.888. The summed E-state index contributed by atoms with van der Waals surface area (Å²) in [5.41, 5.74) is 2.87. The van der Waals surface area contributed by atoms with Gasteiger partial charge in [-0.2, -0.15) is 0 Å². The third-order valence-corrected chi connectivity index (χ3v) is 6.58. The monoisotopic (exact) mass is 359 g/mol. The number of aromatic carboxylic acids is 1. The Morgan fingerprint density at radius 3 is 2.80 bits per heavy atom. The highest BCUT2D eigenvalue weighted by Crippen LogP contribution is 2.45. The molecule has 1 fully saturated rings. The molecular weight excluding hydrogens is 338 g/mol. The van der Waals surface area contributed by atoms with E-state index in [9.17, 15) is 9.90 Å². The van der Waals surface area contributed by atoms with Gasteiger partial charge in [0.05, 0.1) is 12.2 Å². The van der Waals surface area contributed by atoms with Crippen LogP contribution in [0.15, 0.2) is 12.4 Å². The predicted molar refractivity (Wildman–Crippen MR) is 95.6 cm³/mol. The second-order valence-corrected chi connectivity index (χ2v) is 7.88. The maximum Gasteiger partial charge on any atom is 0.345 e. The van der Waals surface area contributed by atoms with Crippen LogP contribution in [0, 0.1) is 13.8 Å². The molecule has 0 saturated carbocycles. The number of hydrogen-bond acceptors (Lipinski definition) is 6. The number of aromatic nitrogens is 2. The molecule has 0 atom stereocenters. The molecule has 0 unspecified atom stereocenters. The van der Waals surface area contributed by atoms with Crippen molar-refractivity contribution in [1.29, 1.82) is 0 Å². The van der Waals surface area contributed by atoms with E-state index < -0.39 is 5.97 Å². The molecule has 2 aliphatic heterocycles. The van der Waals surface area contributed by atoms with Crippen molar-refractivity contribution in [2.45, 2.75) is 38.7 Å². The van der Waals surface area contributed by atoms with Gasteiger partial charge in [-0.1, -0.05) is 0 Å². The van der Waals surface area contributed by atoms with Gasteiger partial charge in [-0.15, -0.1) is 11.3 Å². The SMILES string of the molecule is Cc1ncnc(N2CCC3(CC2)OCCc2sc(C(=O)O)cc23)c1C. The molecule has 0 bridgehead atoms. The number of hydrogen-bond donors (Lipinski definition) is 1. The molecule has 7 heteroatoms. The van der Waals surface area contributed by atoms with Gasteiger partial charge in [0, 0.05) is 35.6 Å². The van der Waals surface area contributed by atoms with Crippen molar-refractivity contribution >= 4 is 23.1 Å². The molecule has 2 aromatic rings. The average Bonchev–Trinajstić information content (AvgIpc) is 3.05. The van der Waals surface area contributed by atoms with Crippen molar-refractivity contribution in [2.75, 3.05) is 24.6 Å². The Labute approximate surface area is 150 Å². The maximum absolute atomic E-state index is 11.3. The Balaban J connectivity index is 1.60. The number of carboxylic acids is 1. The molecule has 0 radical (unpaired) electrons. The molecule has 0 aromatic carbocycles. The van der Waals surface area contributed by atoms with E-state index in [2.05, 4.69) is 21.8 Å². The number of carboxylic acid groups (broad SMARTS) is 1. The first-order valence-electron chi connectivity index (χ1n) is 8.54. The fourth-order valence-corrected chi connectivity index (χ4v) is 4.93.